The first kappa shape index (κ1) is 20.2. The third-order valence-electron chi connectivity index (χ3n) is 3.96. The van der Waals surface area contributed by atoms with Crippen molar-refractivity contribution in [3.05, 3.63) is 86.1 Å². The highest BCUT2D eigenvalue weighted by molar-refractivity contribution is 5.95. The van der Waals surface area contributed by atoms with E-state index in [1.807, 2.05) is 0 Å². The molecule has 3 rings (SSSR count). The first-order chi connectivity index (χ1) is 14.4. The van der Waals surface area contributed by atoms with Crippen molar-refractivity contribution in [2.75, 3.05) is 7.11 Å². The normalized spacial score (nSPS) is 10.7. The largest absolute Gasteiger partial charge is 0.496 e. The number of carbonyl (C=O) groups is 1. The molecule has 30 heavy (non-hydrogen) atoms. The van der Waals surface area contributed by atoms with E-state index in [4.69, 9.17) is 9.15 Å². The van der Waals surface area contributed by atoms with Gasteiger partial charge in [-0.15, -0.1) is 0 Å². The average Bonchev–Trinajstić information content (AvgIpc) is 3.21. The van der Waals surface area contributed by atoms with E-state index < -0.39 is 15.8 Å². The second kappa shape index (κ2) is 8.65. The highest BCUT2D eigenvalue weighted by Crippen LogP contribution is 2.34. The number of furan rings is 1. The summed E-state index contributed by atoms with van der Waals surface area (Å²) in [5.41, 5.74) is 2.36. The van der Waals surface area contributed by atoms with Gasteiger partial charge in [-0.1, -0.05) is 6.07 Å². The Labute approximate surface area is 168 Å². The summed E-state index contributed by atoms with van der Waals surface area (Å²) in [7, 11) is 1.43. The molecule has 0 unspecified atom stereocenters. The van der Waals surface area contributed by atoms with Gasteiger partial charge in [0.1, 0.15) is 17.3 Å². The summed E-state index contributed by atoms with van der Waals surface area (Å²) in [5, 5.41) is 25.5. The van der Waals surface area contributed by atoms with Gasteiger partial charge in [-0.3, -0.25) is 25.0 Å². The highest BCUT2D eigenvalue weighted by atomic mass is 16.6. The molecule has 3 aromatic rings. The molecule has 0 saturated carbocycles. The number of benzene rings is 2. The van der Waals surface area contributed by atoms with E-state index >= 15 is 0 Å². The number of nitrogens with zero attached hydrogens (tertiary/aromatic N) is 3. The number of non-ortho nitro benzene ring substituents is 2. The fraction of sp³-hybridized carbons (Fsp3) is 0.0526. The van der Waals surface area contributed by atoms with Gasteiger partial charge in [0.25, 0.3) is 17.3 Å². The summed E-state index contributed by atoms with van der Waals surface area (Å²) < 4.78 is 10.8. The first-order valence-electron chi connectivity index (χ1n) is 8.39. The zero-order chi connectivity index (χ0) is 21.7. The lowest BCUT2D eigenvalue weighted by atomic mass is 10.1. The van der Waals surface area contributed by atoms with Crippen LogP contribution in [0.4, 0.5) is 11.4 Å². The molecule has 0 radical (unpaired) electrons. The summed E-state index contributed by atoms with van der Waals surface area (Å²) >= 11 is 0. The van der Waals surface area contributed by atoms with Crippen molar-refractivity contribution in [1.82, 2.24) is 5.43 Å². The summed E-state index contributed by atoms with van der Waals surface area (Å²) in [5.74, 6) is 0.319. The minimum Gasteiger partial charge on any atom is -0.496 e. The molecule has 11 heteroatoms. The number of rotatable bonds is 7. The number of amides is 1. The van der Waals surface area contributed by atoms with E-state index in [0.29, 0.717) is 17.1 Å². The highest BCUT2D eigenvalue weighted by Gasteiger charge is 2.16. The predicted molar refractivity (Wildman–Crippen MR) is 106 cm³/mol. The van der Waals surface area contributed by atoms with E-state index in [0.717, 1.165) is 6.07 Å². The van der Waals surface area contributed by atoms with Crippen molar-refractivity contribution in [3.63, 3.8) is 0 Å². The molecule has 0 aliphatic heterocycles. The fourth-order valence-corrected chi connectivity index (χ4v) is 2.55. The third kappa shape index (κ3) is 4.47. The lowest BCUT2D eigenvalue weighted by molar-refractivity contribution is -0.385. The number of nitro groups is 2. The van der Waals surface area contributed by atoms with Crippen molar-refractivity contribution in [3.8, 4) is 17.1 Å². The van der Waals surface area contributed by atoms with Crippen LogP contribution in [0, 0.1) is 20.2 Å². The standard InChI is InChI=1S/C19H14N4O7/c1-29-17-7-5-14(23(27)28)10-16(17)18-8-6-15(30-18)11-20-21-19(24)12-3-2-4-13(9-12)22(25)26/h2-11H,1H3,(H,21,24)/b20-11-. The number of hydrogen-bond acceptors (Lipinski definition) is 8. The number of ether oxygens (including phenoxy) is 1. The van der Waals surface area contributed by atoms with Crippen molar-refractivity contribution < 1.29 is 23.8 Å². The van der Waals surface area contributed by atoms with E-state index in [-0.39, 0.29) is 22.7 Å². The van der Waals surface area contributed by atoms with Crippen LogP contribution in [0.1, 0.15) is 16.1 Å². The number of hydrazone groups is 1. The molecule has 0 aliphatic carbocycles. The molecule has 0 spiro atoms. The van der Waals surface area contributed by atoms with Crippen LogP contribution in [0.3, 0.4) is 0 Å². The molecule has 1 aromatic heterocycles. The second-order valence-corrected chi connectivity index (χ2v) is 5.85. The molecular weight excluding hydrogens is 396 g/mol. The monoisotopic (exact) mass is 410 g/mol. The number of hydrogen-bond donors (Lipinski definition) is 1. The van der Waals surface area contributed by atoms with Crippen LogP contribution in [0.2, 0.25) is 0 Å². The smallest absolute Gasteiger partial charge is 0.271 e. The molecule has 1 heterocycles. The Morgan fingerprint density at radius 2 is 1.80 bits per heavy atom. The van der Waals surface area contributed by atoms with Gasteiger partial charge >= 0.3 is 0 Å². The van der Waals surface area contributed by atoms with Gasteiger partial charge in [0.2, 0.25) is 0 Å². The van der Waals surface area contributed by atoms with Gasteiger partial charge in [0.15, 0.2) is 0 Å². The molecule has 0 bridgehead atoms. The Balaban J connectivity index is 1.74. The maximum atomic E-state index is 12.1. The Kier molecular flexibility index (Phi) is 5.82. The van der Waals surface area contributed by atoms with E-state index in [1.54, 1.807) is 12.1 Å². The van der Waals surface area contributed by atoms with Crippen molar-refractivity contribution in [1.29, 1.82) is 0 Å². The fourth-order valence-electron chi connectivity index (χ4n) is 2.55. The van der Waals surface area contributed by atoms with Crippen molar-refractivity contribution >= 4 is 23.5 Å². The predicted octanol–water partition coefficient (Wildman–Crippen LogP) is 3.54. The summed E-state index contributed by atoms with van der Waals surface area (Å²) in [4.78, 5) is 32.7. The minimum atomic E-state index is -0.637. The Bertz CT molecular complexity index is 1150. The summed E-state index contributed by atoms with van der Waals surface area (Å²) in [6.07, 6.45) is 1.22. The van der Waals surface area contributed by atoms with E-state index in [9.17, 15) is 25.0 Å². The Morgan fingerprint density at radius 1 is 1.07 bits per heavy atom. The van der Waals surface area contributed by atoms with Crippen LogP contribution in [0.5, 0.6) is 5.75 Å². The van der Waals surface area contributed by atoms with Crippen LogP contribution in [0.15, 0.2) is 64.1 Å². The van der Waals surface area contributed by atoms with Gasteiger partial charge in [-0.05, 0) is 24.3 Å². The lowest BCUT2D eigenvalue weighted by Crippen LogP contribution is -2.17. The first-order valence-corrected chi connectivity index (χ1v) is 8.39. The molecule has 0 saturated heterocycles. The second-order valence-electron chi connectivity index (χ2n) is 5.85. The molecule has 0 atom stereocenters. The molecule has 1 N–H and O–H groups in total. The zero-order valence-corrected chi connectivity index (χ0v) is 15.5. The van der Waals surface area contributed by atoms with E-state index in [1.165, 1.54) is 49.7 Å². The SMILES string of the molecule is COc1ccc([N+](=O)[O-])cc1-c1ccc(/C=N\NC(=O)c2cccc([N+](=O)[O-])c2)o1. The topological polar surface area (TPSA) is 150 Å². The number of nitrogens with one attached hydrogen (secondary N) is 1. The Morgan fingerprint density at radius 3 is 2.50 bits per heavy atom. The molecule has 0 fully saturated rings. The molecule has 1 amide bonds. The summed E-state index contributed by atoms with van der Waals surface area (Å²) in [6.45, 7) is 0. The quantitative estimate of drug-likeness (QED) is 0.355. The lowest BCUT2D eigenvalue weighted by Gasteiger charge is -2.05. The molecule has 2 aromatic carbocycles. The average molecular weight is 410 g/mol. The minimum absolute atomic E-state index is 0.0721. The Hall–Kier alpha value is -4.54. The van der Waals surface area contributed by atoms with Crippen molar-refractivity contribution in [2.24, 2.45) is 5.10 Å². The number of carbonyl (C=O) groups excluding carboxylic acids is 1. The van der Waals surface area contributed by atoms with Crippen LogP contribution in [-0.4, -0.2) is 29.1 Å². The van der Waals surface area contributed by atoms with Gasteiger partial charge in [0.05, 0.1) is 28.7 Å². The number of nitro benzene ring substituents is 2. The summed E-state index contributed by atoms with van der Waals surface area (Å²) in [6, 6.07) is 12.4. The van der Waals surface area contributed by atoms with Crippen LogP contribution < -0.4 is 10.2 Å². The van der Waals surface area contributed by atoms with Crippen LogP contribution in [-0.2, 0) is 0 Å². The number of methoxy groups -OCH3 is 1. The van der Waals surface area contributed by atoms with Crippen LogP contribution >= 0.6 is 0 Å². The third-order valence-corrected chi connectivity index (χ3v) is 3.96. The molecule has 152 valence electrons. The molecule has 0 aliphatic rings. The van der Waals surface area contributed by atoms with Crippen molar-refractivity contribution in [2.45, 2.75) is 0 Å². The maximum absolute atomic E-state index is 12.1. The van der Waals surface area contributed by atoms with E-state index in [2.05, 4.69) is 10.5 Å². The molecule has 11 nitrogen and oxygen atoms in total. The molecular formula is C19H14N4O7. The van der Waals surface area contributed by atoms with Crippen LogP contribution in [0.25, 0.3) is 11.3 Å². The van der Waals surface area contributed by atoms with Gasteiger partial charge in [-0.25, -0.2) is 5.43 Å². The zero-order valence-electron chi connectivity index (χ0n) is 15.5. The maximum Gasteiger partial charge on any atom is 0.271 e. The van der Waals surface area contributed by atoms with Gasteiger partial charge in [-0.2, -0.15) is 5.10 Å². The van der Waals surface area contributed by atoms with Gasteiger partial charge in [0, 0.05) is 29.8 Å². The van der Waals surface area contributed by atoms with Gasteiger partial charge < -0.3 is 9.15 Å².